The van der Waals surface area contributed by atoms with Crippen LogP contribution < -0.4 is 0 Å². The van der Waals surface area contributed by atoms with E-state index in [1.54, 1.807) is 0 Å². The summed E-state index contributed by atoms with van der Waals surface area (Å²) in [5, 5.41) is 0. The minimum absolute atomic E-state index is 0.460. The molecule has 1 aliphatic rings. The van der Waals surface area contributed by atoms with Gasteiger partial charge in [-0.25, -0.2) is 4.99 Å². The third kappa shape index (κ3) is 2.52. The van der Waals surface area contributed by atoms with Gasteiger partial charge in [0.25, 0.3) is 0 Å². The second kappa shape index (κ2) is 4.37. The molecule has 11 heavy (non-hydrogen) atoms. The van der Waals surface area contributed by atoms with Gasteiger partial charge in [0, 0.05) is 6.42 Å². The summed E-state index contributed by atoms with van der Waals surface area (Å²) in [6.07, 6.45) is 4.53. The third-order valence-corrected chi connectivity index (χ3v) is 1.85. The van der Waals surface area contributed by atoms with Crippen LogP contribution in [0.15, 0.2) is 4.99 Å². The summed E-state index contributed by atoms with van der Waals surface area (Å²) < 4.78 is 5.41. The minimum atomic E-state index is 0.460. The summed E-state index contributed by atoms with van der Waals surface area (Å²) in [5.41, 5.74) is 0. The zero-order chi connectivity index (χ0) is 8.10. The number of rotatable bonds is 4. The van der Waals surface area contributed by atoms with Crippen LogP contribution >= 0.6 is 0 Å². The molecule has 2 nitrogen and oxygen atoms in total. The zero-order valence-corrected chi connectivity index (χ0v) is 7.47. The maximum atomic E-state index is 5.41. The summed E-state index contributed by atoms with van der Waals surface area (Å²) in [6, 6.07) is 0.460. The van der Waals surface area contributed by atoms with Crippen molar-refractivity contribution in [2.45, 2.75) is 45.6 Å². The Balaban J connectivity index is 2.28. The van der Waals surface area contributed by atoms with Gasteiger partial charge in [-0.1, -0.05) is 20.3 Å². The average Bonchev–Trinajstić information content (AvgIpc) is 2.38. The Morgan fingerprint density at radius 3 is 2.91 bits per heavy atom. The molecule has 0 spiro atoms. The van der Waals surface area contributed by atoms with Gasteiger partial charge in [0.05, 0.1) is 6.04 Å². The molecule has 0 radical (unpaired) electrons. The van der Waals surface area contributed by atoms with Crippen molar-refractivity contribution in [3.05, 3.63) is 0 Å². The number of nitrogens with zero attached hydrogens (tertiary/aromatic N) is 1. The molecule has 0 aromatic heterocycles. The van der Waals surface area contributed by atoms with E-state index in [4.69, 9.17) is 4.74 Å². The third-order valence-electron chi connectivity index (χ3n) is 1.85. The molecule has 0 bridgehead atoms. The lowest BCUT2D eigenvalue weighted by molar-refractivity contribution is 0.304. The van der Waals surface area contributed by atoms with E-state index in [9.17, 15) is 0 Å². The highest BCUT2D eigenvalue weighted by molar-refractivity contribution is 5.77. The molecule has 0 saturated heterocycles. The van der Waals surface area contributed by atoms with Crippen molar-refractivity contribution in [2.75, 3.05) is 6.61 Å². The largest absolute Gasteiger partial charge is 0.479 e. The Hall–Kier alpha value is -0.530. The van der Waals surface area contributed by atoms with Crippen molar-refractivity contribution >= 4 is 5.90 Å². The van der Waals surface area contributed by atoms with Crippen LogP contribution in [0.4, 0.5) is 0 Å². The molecule has 1 unspecified atom stereocenters. The van der Waals surface area contributed by atoms with Crippen LogP contribution in [-0.2, 0) is 4.74 Å². The molecular formula is C9H17NO. The maximum absolute atomic E-state index is 5.41. The molecule has 0 saturated carbocycles. The lowest BCUT2D eigenvalue weighted by Crippen LogP contribution is -2.04. The quantitative estimate of drug-likeness (QED) is 0.610. The smallest absolute Gasteiger partial charge is 0.183 e. The van der Waals surface area contributed by atoms with Crippen LogP contribution in [-0.4, -0.2) is 18.5 Å². The van der Waals surface area contributed by atoms with Gasteiger partial charge >= 0.3 is 0 Å². The Bertz CT molecular complexity index is 142. The first-order chi connectivity index (χ1) is 5.36. The fourth-order valence-electron chi connectivity index (χ4n) is 1.30. The van der Waals surface area contributed by atoms with Crippen LogP contribution in [0, 0.1) is 0 Å². The molecule has 1 heterocycles. The summed E-state index contributed by atoms with van der Waals surface area (Å²) in [6.45, 7) is 5.16. The monoisotopic (exact) mass is 155 g/mol. The Morgan fingerprint density at radius 2 is 2.27 bits per heavy atom. The van der Waals surface area contributed by atoms with Crippen molar-refractivity contribution < 1.29 is 4.74 Å². The van der Waals surface area contributed by atoms with E-state index in [-0.39, 0.29) is 0 Å². The summed E-state index contributed by atoms with van der Waals surface area (Å²) in [7, 11) is 0. The number of hydrogen-bond donors (Lipinski definition) is 0. The van der Waals surface area contributed by atoms with E-state index in [2.05, 4.69) is 18.8 Å². The number of hydrogen-bond acceptors (Lipinski definition) is 2. The zero-order valence-electron chi connectivity index (χ0n) is 7.47. The molecule has 0 aromatic rings. The van der Waals surface area contributed by atoms with Crippen LogP contribution in [0.3, 0.4) is 0 Å². The Kier molecular flexibility index (Phi) is 3.40. The van der Waals surface area contributed by atoms with Crippen molar-refractivity contribution in [2.24, 2.45) is 4.99 Å². The fraction of sp³-hybridized carbons (Fsp3) is 0.889. The molecule has 0 aromatic carbocycles. The van der Waals surface area contributed by atoms with Gasteiger partial charge in [-0.2, -0.15) is 0 Å². The van der Waals surface area contributed by atoms with Gasteiger partial charge in [0.2, 0.25) is 0 Å². The molecule has 0 aliphatic carbocycles. The highest BCUT2D eigenvalue weighted by Gasteiger charge is 2.16. The van der Waals surface area contributed by atoms with Crippen LogP contribution in [0.5, 0.6) is 0 Å². The molecule has 0 fully saturated rings. The Morgan fingerprint density at radius 1 is 1.45 bits per heavy atom. The highest BCUT2D eigenvalue weighted by atomic mass is 16.5. The second-order valence-electron chi connectivity index (χ2n) is 3.03. The van der Waals surface area contributed by atoms with Crippen molar-refractivity contribution in [3.63, 3.8) is 0 Å². The normalized spacial score (nSPS) is 23.1. The van der Waals surface area contributed by atoms with Crippen molar-refractivity contribution in [3.8, 4) is 0 Å². The van der Waals surface area contributed by atoms with Crippen molar-refractivity contribution in [1.82, 2.24) is 0 Å². The van der Waals surface area contributed by atoms with E-state index >= 15 is 0 Å². The summed E-state index contributed by atoms with van der Waals surface area (Å²) >= 11 is 0. The first kappa shape index (κ1) is 8.57. The molecule has 0 amide bonds. The van der Waals surface area contributed by atoms with Crippen LogP contribution in [0.25, 0.3) is 0 Å². The predicted octanol–water partition coefficient (Wildman–Crippen LogP) is 2.38. The summed E-state index contributed by atoms with van der Waals surface area (Å²) in [5.74, 6) is 0.978. The molecule has 64 valence electrons. The highest BCUT2D eigenvalue weighted by Crippen LogP contribution is 2.12. The van der Waals surface area contributed by atoms with Gasteiger partial charge in [0.15, 0.2) is 5.90 Å². The fourth-order valence-corrected chi connectivity index (χ4v) is 1.30. The number of ether oxygens (including phenoxy) is 1. The molecule has 2 heteroatoms. The van der Waals surface area contributed by atoms with Gasteiger partial charge < -0.3 is 4.74 Å². The van der Waals surface area contributed by atoms with Crippen molar-refractivity contribution in [1.29, 1.82) is 0 Å². The van der Waals surface area contributed by atoms with Gasteiger partial charge in [-0.3, -0.25) is 0 Å². The Labute approximate surface area is 68.7 Å². The van der Waals surface area contributed by atoms with E-state index in [1.807, 2.05) is 0 Å². The average molecular weight is 155 g/mol. The standard InChI is InChI=1S/C9H17NO/c1-3-5-8-7-11-9(10-8)6-4-2/h8H,3-7H2,1-2H3. The molecule has 0 N–H and O–H groups in total. The first-order valence-electron chi connectivity index (χ1n) is 4.56. The van der Waals surface area contributed by atoms with Gasteiger partial charge in [0.1, 0.15) is 6.61 Å². The van der Waals surface area contributed by atoms with E-state index in [1.165, 1.54) is 12.8 Å². The first-order valence-corrected chi connectivity index (χ1v) is 4.56. The SMILES string of the molecule is CCCC1=NC(CCC)CO1. The lowest BCUT2D eigenvalue weighted by atomic mass is 10.2. The minimum Gasteiger partial charge on any atom is -0.479 e. The van der Waals surface area contributed by atoms with Gasteiger partial charge in [-0.05, 0) is 12.8 Å². The molecule has 1 atom stereocenters. The van der Waals surface area contributed by atoms with Crippen LogP contribution in [0.1, 0.15) is 39.5 Å². The van der Waals surface area contributed by atoms with Gasteiger partial charge in [-0.15, -0.1) is 0 Å². The molecular weight excluding hydrogens is 138 g/mol. The lowest BCUT2D eigenvalue weighted by Gasteiger charge is -1.99. The molecule has 1 aliphatic heterocycles. The van der Waals surface area contributed by atoms with E-state index < -0.39 is 0 Å². The topological polar surface area (TPSA) is 21.6 Å². The second-order valence-corrected chi connectivity index (χ2v) is 3.03. The van der Waals surface area contributed by atoms with E-state index in [0.29, 0.717) is 6.04 Å². The molecule has 1 rings (SSSR count). The maximum Gasteiger partial charge on any atom is 0.183 e. The van der Waals surface area contributed by atoms with Crippen LogP contribution in [0.2, 0.25) is 0 Å². The van der Waals surface area contributed by atoms with E-state index in [0.717, 1.165) is 25.3 Å². The summed E-state index contributed by atoms with van der Waals surface area (Å²) in [4.78, 5) is 4.46. The predicted molar refractivity (Wildman–Crippen MR) is 47.0 cm³/mol. The number of aliphatic imine (C=N–C) groups is 1.